The average molecular weight is 433 g/mol. The second kappa shape index (κ2) is 19.1. The first kappa shape index (κ1) is 29.0. The summed E-state index contributed by atoms with van der Waals surface area (Å²) >= 11 is 0. The van der Waals surface area contributed by atoms with Crippen molar-refractivity contribution < 1.29 is 30.1 Å². The number of unbranched alkanes of at least 4 members (excludes halogenated alkanes) is 12. The van der Waals surface area contributed by atoms with Crippen molar-refractivity contribution in [2.24, 2.45) is 0 Å². The van der Waals surface area contributed by atoms with Gasteiger partial charge in [0.1, 0.15) is 0 Å². The van der Waals surface area contributed by atoms with E-state index < -0.39 is 20.5 Å². The van der Waals surface area contributed by atoms with Gasteiger partial charge < -0.3 is 0 Å². The molecule has 0 spiro atoms. The van der Waals surface area contributed by atoms with E-state index in [0.717, 1.165) is 25.7 Å². The molecule has 0 heterocycles. The molecule has 0 aromatic carbocycles. The van der Waals surface area contributed by atoms with Crippen molar-refractivity contribution >= 4 is 20.5 Å². The SMILES string of the molecule is CCCCCCCCCOS(=O)(=O)O.CCCCCCCCCS(=O)(=O)O. The van der Waals surface area contributed by atoms with Gasteiger partial charge in [-0.3, -0.25) is 9.11 Å². The predicted octanol–water partition coefficient (Wildman–Crippen LogP) is 5.18. The van der Waals surface area contributed by atoms with Crippen molar-refractivity contribution in [3.05, 3.63) is 0 Å². The van der Waals surface area contributed by atoms with Crippen molar-refractivity contribution in [1.82, 2.24) is 0 Å². The maximum Gasteiger partial charge on any atom is 0.397 e. The summed E-state index contributed by atoms with van der Waals surface area (Å²) in [5.74, 6) is -0.0826. The molecule has 0 radical (unpaired) electrons. The van der Waals surface area contributed by atoms with Crippen LogP contribution in [0.1, 0.15) is 104 Å². The van der Waals surface area contributed by atoms with Crippen LogP contribution in [-0.4, -0.2) is 38.3 Å². The van der Waals surface area contributed by atoms with Gasteiger partial charge in [-0.05, 0) is 12.8 Å². The Bertz CT molecular complexity index is 502. The molecule has 0 fully saturated rings. The van der Waals surface area contributed by atoms with E-state index in [1.165, 1.54) is 51.4 Å². The monoisotopic (exact) mass is 432 g/mol. The summed E-state index contributed by atoms with van der Waals surface area (Å²) in [5.41, 5.74) is 0. The van der Waals surface area contributed by atoms with Crippen LogP contribution in [0.25, 0.3) is 0 Å². The highest BCUT2D eigenvalue weighted by Crippen LogP contribution is 2.08. The van der Waals surface area contributed by atoms with E-state index in [1.54, 1.807) is 0 Å². The fourth-order valence-corrected chi connectivity index (χ4v) is 3.36. The zero-order chi connectivity index (χ0) is 21.0. The summed E-state index contributed by atoms with van der Waals surface area (Å²) in [4.78, 5) is 0. The standard InChI is InChI=1S/C9H20O4S.C9H20O3S/c1-2-3-4-5-6-7-8-9-13-14(10,11)12;1-2-3-4-5-6-7-8-9-13(10,11)12/h2-9H2,1H3,(H,10,11,12);2-9H2,1H3,(H,10,11,12). The van der Waals surface area contributed by atoms with Crippen LogP contribution in [0.3, 0.4) is 0 Å². The fourth-order valence-electron chi connectivity index (χ4n) is 2.46. The number of rotatable bonds is 17. The topological polar surface area (TPSA) is 118 Å². The summed E-state index contributed by atoms with van der Waals surface area (Å²) in [7, 11) is -7.95. The Morgan fingerprint density at radius 2 is 0.963 bits per heavy atom. The van der Waals surface area contributed by atoms with E-state index in [1.807, 2.05) is 0 Å². The van der Waals surface area contributed by atoms with Gasteiger partial charge in [-0.1, -0.05) is 90.9 Å². The Morgan fingerprint density at radius 3 is 1.33 bits per heavy atom. The lowest BCUT2D eigenvalue weighted by Gasteiger charge is -2.00. The molecule has 0 saturated heterocycles. The van der Waals surface area contributed by atoms with Gasteiger partial charge in [0, 0.05) is 0 Å². The molecule has 0 unspecified atom stereocenters. The van der Waals surface area contributed by atoms with Crippen LogP contribution in [0.15, 0.2) is 0 Å². The molecule has 0 atom stereocenters. The molecular weight excluding hydrogens is 392 g/mol. The molecule has 166 valence electrons. The lowest BCUT2D eigenvalue weighted by atomic mass is 10.1. The van der Waals surface area contributed by atoms with E-state index in [2.05, 4.69) is 18.0 Å². The molecule has 9 heteroatoms. The minimum atomic E-state index is -4.23. The first-order valence-corrected chi connectivity index (χ1v) is 13.2. The molecule has 0 amide bonds. The first-order valence-electron chi connectivity index (χ1n) is 10.2. The normalized spacial score (nSPS) is 11.9. The van der Waals surface area contributed by atoms with E-state index in [4.69, 9.17) is 9.11 Å². The Labute approximate surface area is 167 Å². The van der Waals surface area contributed by atoms with Crippen LogP contribution >= 0.6 is 0 Å². The fraction of sp³-hybridized carbons (Fsp3) is 1.00. The molecule has 2 N–H and O–H groups in total. The summed E-state index contributed by atoms with van der Waals surface area (Å²) < 4.78 is 61.8. The minimum absolute atomic E-state index is 0.0826. The Morgan fingerprint density at radius 1 is 0.593 bits per heavy atom. The lowest BCUT2D eigenvalue weighted by molar-refractivity contribution is 0.261. The maximum atomic E-state index is 10.3. The van der Waals surface area contributed by atoms with Crippen molar-refractivity contribution in [3.63, 3.8) is 0 Å². The summed E-state index contributed by atoms with van der Waals surface area (Å²) in [6, 6.07) is 0. The summed E-state index contributed by atoms with van der Waals surface area (Å²) in [6.45, 7) is 4.42. The average Bonchev–Trinajstić information content (AvgIpc) is 2.55. The van der Waals surface area contributed by atoms with E-state index in [-0.39, 0.29) is 12.4 Å². The molecule has 0 bridgehead atoms. The van der Waals surface area contributed by atoms with Gasteiger partial charge >= 0.3 is 10.4 Å². The van der Waals surface area contributed by atoms with Crippen molar-refractivity contribution in [3.8, 4) is 0 Å². The number of hydrogen-bond acceptors (Lipinski definition) is 5. The Hall–Kier alpha value is -0.220. The molecule has 0 aliphatic carbocycles. The highest BCUT2D eigenvalue weighted by Gasteiger charge is 2.03. The van der Waals surface area contributed by atoms with Gasteiger partial charge in [0.05, 0.1) is 12.4 Å². The molecule has 0 aromatic rings. The van der Waals surface area contributed by atoms with Gasteiger partial charge in [-0.2, -0.15) is 16.8 Å². The third kappa shape index (κ3) is 33.8. The highest BCUT2D eigenvalue weighted by molar-refractivity contribution is 7.85. The zero-order valence-electron chi connectivity index (χ0n) is 17.1. The highest BCUT2D eigenvalue weighted by atomic mass is 32.3. The molecular formula is C18H40O7S2. The molecule has 7 nitrogen and oxygen atoms in total. The third-order valence-electron chi connectivity index (χ3n) is 3.99. The largest absolute Gasteiger partial charge is 0.397 e. The maximum absolute atomic E-state index is 10.3. The third-order valence-corrected chi connectivity index (χ3v) is 5.26. The van der Waals surface area contributed by atoms with Crippen molar-refractivity contribution in [1.29, 1.82) is 0 Å². The van der Waals surface area contributed by atoms with Crippen molar-refractivity contribution in [2.45, 2.75) is 104 Å². The van der Waals surface area contributed by atoms with Crippen molar-refractivity contribution in [2.75, 3.05) is 12.4 Å². The first-order chi connectivity index (χ1) is 12.6. The minimum Gasteiger partial charge on any atom is -0.286 e. The van der Waals surface area contributed by atoms with Gasteiger partial charge in [-0.25, -0.2) is 4.18 Å². The second-order valence-electron chi connectivity index (χ2n) is 6.78. The molecule has 0 aromatic heterocycles. The molecule has 0 aliphatic heterocycles. The quantitative estimate of drug-likeness (QED) is 0.240. The molecule has 0 rings (SSSR count). The van der Waals surface area contributed by atoms with Crippen LogP contribution in [-0.2, 0) is 24.7 Å². The molecule has 0 saturated carbocycles. The van der Waals surface area contributed by atoms with Crippen LogP contribution < -0.4 is 0 Å². The molecule has 0 aliphatic rings. The van der Waals surface area contributed by atoms with Crippen LogP contribution in [0, 0.1) is 0 Å². The van der Waals surface area contributed by atoms with E-state index in [9.17, 15) is 16.8 Å². The van der Waals surface area contributed by atoms with Crippen LogP contribution in [0.5, 0.6) is 0 Å². The summed E-state index contributed by atoms with van der Waals surface area (Å²) in [6.07, 6.45) is 15.2. The van der Waals surface area contributed by atoms with Gasteiger partial charge in [0.25, 0.3) is 10.1 Å². The smallest absolute Gasteiger partial charge is 0.286 e. The predicted molar refractivity (Wildman–Crippen MR) is 110 cm³/mol. The lowest BCUT2D eigenvalue weighted by Crippen LogP contribution is -2.04. The number of hydrogen-bond donors (Lipinski definition) is 2. The second-order valence-corrected chi connectivity index (χ2v) is 9.44. The van der Waals surface area contributed by atoms with Crippen LogP contribution in [0.2, 0.25) is 0 Å². The van der Waals surface area contributed by atoms with Crippen LogP contribution in [0.4, 0.5) is 0 Å². The zero-order valence-corrected chi connectivity index (χ0v) is 18.7. The van der Waals surface area contributed by atoms with E-state index >= 15 is 0 Å². The van der Waals surface area contributed by atoms with Gasteiger partial charge in [0.15, 0.2) is 0 Å². The van der Waals surface area contributed by atoms with E-state index in [0.29, 0.717) is 12.8 Å². The van der Waals surface area contributed by atoms with Gasteiger partial charge in [-0.15, -0.1) is 0 Å². The molecule has 27 heavy (non-hydrogen) atoms. The Kier molecular flexibility index (Phi) is 20.5. The van der Waals surface area contributed by atoms with Gasteiger partial charge in [0.2, 0.25) is 0 Å². The Balaban J connectivity index is 0. The summed E-state index contributed by atoms with van der Waals surface area (Å²) in [5, 5.41) is 0.